The second-order valence-corrected chi connectivity index (χ2v) is 6.83. The van der Waals surface area contributed by atoms with Crippen LogP contribution in [0.25, 0.3) is 0 Å². The molecular formula is C11H25NO3S. The van der Waals surface area contributed by atoms with E-state index in [9.17, 15) is 8.42 Å². The fourth-order valence-corrected chi connectivity index (χ4v) is 2.33. The van der Waals surface area contributed by atoms with E-state index in [-0.39, 0.29) is 5.25 Å². The third-order valence-corrected chi connectivity index (χ3v) is 4.68. The van der Waals surface area contributed by atoms with Crippen molar-refractivity contribution in [2.45, 2.75) is 45.3 Å². The van der Waals surface area contributed by atoms with Crippen molar-refractivity contribution in [3.63, 3.8) is 0 Å². The lowest BCUT2D eigenvalue weighted by Crippen LogP contribution is -2.34. The molecule has 0 aromatic heterocycles. The van der Waals surface area contributed by atoms with Crippen molar-refractivity contribution in [2.24, 2.45) is 0 Å². The number of unbranched alkanes of at least 4 members (excludes halogenated alkanes) is 1. The second kappa shape index (κ2) is 8.03. The summed E-state index contributed by atoms with van der Waals surface area (Å²) in [7, 11) is -1.47. The fourth-order valence-electron chi connectivity index (χ4n) is 1.22. The first-order valence-corrected chi connectivity index (χ1v) is 7.46. The molecule has 0 aliphatic carbocycles. The van der Waals surface area contributed by atoms with Gasteiger partial charge >= 0.3 is 0 Å². The van der Waals surface area contributed by atoms with Gasteiger partial charge in [0.25, 0.3) is 0 Å². The van der Waals surface area contributed by atoms with Gasteiger partial charge < -0.3 is 4.74 Å². The normalized spacial score (nSPS) is 12.6. The van der Waals surface area contributed by atoms with Crippen LogP contribution in [-0.2, 0) is 14.8 Å². The highest BCUT2D eigenvalue weighted by Gasteiger charge is 2.21. The largest absolute Gasteiger partial charge is 0.381 e. The summed E-state index contributed by atoms with van der Waals surface area (Å²) < 4.78 is 30.2. The van der Waals surface area contributed by atoms with Gasteiger partial charge in [-0.05, 0) is 26.7 Å². The van der Waals surface area contributed by atoms with Gasteiger partial charge in [0.05, 0.1) is 5.25 Å². The van der Waals surface area contributed by atoms with Crippen molar-refractivity contribution in [1.82, 2.24) is 4.31 Å². The van der Waals surface area contributed by atoms with Crippen LogP contribution < -0.4 is 0 Å². The average molecular weight is 251 g/mol. The summed E-state index contributed by atoms with van der Waals surface area (Å²) >= 11 is 0. The van der Waals surface area contributed by atoms with Crippen molar-refractivity contribution >= 4 is 10.0 Å². The molecule has 0 N–H and O–H groups in total. The maximum Gasteiger partial charge on any atom is 0.216 e. The molecule has 0 aromatic carbocycles. The van der Waals surface area contributed by atoms with Crippen LogP contribution in [0.1, 0.15) is 40.0 Å². The van der Waals surface area contributed by atoms with Crippen molar-refractivity contribution in [3.8, 4) is 0 Å². The zero-order valence-electron chi connectivity index (χ0n) is 10.9. The molecule has 0 amide bonds. The smallest absolute Gasteiger partial charge is 0.216 e. The van der Waals surface area contributed by atoms with Crippen LogP contribution in [0.5, 0.6) is 0 Å². The number of rotatable bonds is 9. The summed E-state index contributed by atoms with van der Waals surface area (Å²) in [6, 6.07) is 0. The van der Waals surface area contributed by atoms with Gasteiger partial charge in [-0.2, -0.15) is 0 Å². The van der Waals surface area contributed by atoms with E-state index in [1.165, 1.54) is 4.31 Å². The molecule has 0 bridgehead atoms. The zero-order chi connectivity index (χ0) is 12.6. The highest BCUT2D eigenvalue weighted by atomic mass is 32.2. The molecule has 16 heavy (non-hydrogen) atoms. The summed E-state index contributed by atoms with van der Waals surface area (Å²) in [4.78, 5) is 0. The molecule has 0 atom stereocenters. The van der Waals surface area contributed by atoms with Crippen LogP contribution in [0.15, 0.2) is 0 Å². The number of hydrogen-bond donors (Lipinski definition) is 0. The van der Waals surface area contributed by atoms with Crippen LogP contribution in [0.2, 0.25) is 0 Å². The Morgan fingerprint density at radius 3 is 2.25 bits per heavy atom. The first-order valence-electron chi connectivity index (χ1n) is 5.95. The number of sulfonamides is 1. The van der Waals surface area contributed by atoms with Gasteiger partial charge in [0.15, 0.2) is 0 Å². The monoisotopic (exact) mass is 251 g/mol. The standard InChI is InChI=1S/C11H25NO3S/c1-5-6-9-15-10-7-8-12(4)16(13,14)11(2)3/h11H,5-10H2,1-4H3. The molecule has 4 nitrogen and oxygen atoms in total. The summed E-state index contributed by atoms with van der Waals surface area (Å²) in [5.41, 5.74) is 0. The molecule has 0 saturated carbocycles. The lowest BCUT2D eigenvalue weighted by Gasteiger charge is -2.19. The minimum absolute atomic E-state index is 0.349. The molecule has 0 aliphatic heterocycles. The number of ether oxygens (including phenoxy) is 1. The summed E-state index contributed by atoms with van der Waals surface area (Å²) in [6.45, 7) is 7.46. The Kier molecular flexibility index (Phi) is 7.97. The molecule has 0 aliphatic rings. The predicted molar refractivity (Wildman–Crippen MR) is 67.0 cm³/mol. The first kappa shape index (κ1) is 15.9. The highest BCUT2D eigenvalue weighted by Crippen LogP contribution is 2.06. The van der Waals surface area contributed by atoms with E-state index in [1.807, 2.05) is 0 Å². The van der Waals surface area contributed by atoms with Gasteiger partial charge in [-0.15, -0.1) is 0 Å². The molecule has 0 fully saturated rings. The highest BCUT2D eigenvalue weighted by molar-refractivity contribution is 7.89. The van der Waals surface area contributed by atoms with E-state index in [1.54, 1.807) is 20.9 Å². The molecule has 0 heterocycles. The third kappa shape index (κ3) is 5.82. The van der Waals surface area contributed by atoms with Crippen LogP contribution in [0, 0.1) is 0 Å². The van der Waals surface area contributed by atoms with Crippen molar-refractivity contribution < 1.29 is 13.2 Å². The quantitative estimate of drug-likeness (QED) is 0.588. The molecular weight excluding hydrogens is 226 g/mol. The Balaban J connectivity index is 3.70. The Labute approximate surface area is 100 Å². The minimum atomic E-state index is -3.10. The van der Waals surface area contributed by atoms with Gasteiger partial charge in [0.2, 0.25) is 10.0 Å². The van der Waals surface area contributed by atoms with E-state index in [2.05, 4.69) is 6.92 Å². The van der Waals surface area contributed by atoms with Gasteiger partial charge in [0, 0.05) is 26.8 Å². The molecule has 0 unspecified atom stereocenters. The fraction of sp³-hybridized carbons (Fsp3) is 1.00. The van der Waals surface area contributed by atoms with Gasteiger partial charge in [-0.1, -0.05) is 13.3 Å². The van der Waals surface area contributed by atoms with Gasteiger partial charge in [-0.25, -0.2) is 12.7 Å². The number of nitrogens with zero attached hydrogens (tertiary/aromatic N) is 1. The van der Waals surface area contributed by atoms with Crippen LogP contribution in [0.3, 0.4) is 0 Å². The lowest BCUT2D eigenvalue weighted by atomic mass is 10.4. The summed E-state index contributed by atoms with van der Waals surface area (Å²) in [6.07, 6.45) is 2.95. The zero-order valence-corrected chi connectivity index (χ0v) is 11.7. The number of hydrogen-bond acceptors (Lipinski definition) is 3. The molecule has 0 saturated heterocycles. The molecule has 98 valence electrons. The van der Waals surface area contributed by atoms with E-state index in [0.29, 0.717) is 13.2 Å². The summed E-state index contributed by atoms with van der Waals surface area (Å²) in [5.74, 6) is 0. The van der Waals surface area contributed by atoms with Gasteiger partial charge in [0.1, 0.15) is 0 Å². The molecule has 0 radical (unpaired) electrons. The van der Waals surface area contributed by atoms with E-state index < -0.39 is 10.0 Å². The molecule has 0 spiro atoms. The summed E-state index contributed by atoms with van der Waals surface area (Å²) in [5, 5.41) is -0.349. The Morgan fingerprint density at radius 1 is 1.19 bits per heavy atom. The minimum Gasteiger partial charge on any atom is -0.381 e. The molecule has 5 heteroatoms. The topological polar surface area (TPSA) is 46.6 Å². The first-order chi connectivity index (χ1) is 7.42. The van der Waals surface area contributed by atoms with Crippen LogP contribution in [0.4, 0.5) is 0 Å². The molecule has 0 rings (SSSR count). The predicted octanol–water partition coefficient (Wildman–Crippen LogP) is 1.86. The van der Waals surface area contributed by atoms with Crippen LogP contribution in [-0.4, -0.2) is 44.8 Å². The van der Waals surface area contributed by atoms with E-state index in [4.69, 9.17) is 4.74 Å². The lowest BCUT2D eigenvalue weighted by molar-refractivity contribution is 0.126. The van der Waals surface area contributed by atoms with Crippen LogP contribution >= 0.6 is 0 Å². The van der Waals surface area contributed by atoms with E-state index >= 15 is 0 Å². The van der Waals surface area contributed by atoms with E-state index in [0.717, 1.165) is 25.9 Å². The Hall–Kier alpha value is -0.130. The second-order valence-electron chi connectivity index (χ2n) is 4.23. The maximum absolute atomic E-state index is 11.7. The average Bonchev–Trinajstić information content (AvgIpc) is 2.22. The third-order valence-electron chi connectivity index (χ3n) is 2.43. The molecule has 0 aromatic rings. The van der Waals surface area contributed by atoms with Gasteiger partial charge in [-0.3, -0.25) is 0 Å². The van der Waals surface area contributed by atoms with Crippen molar-refractivity contribution in [1.29, 1.82) is 0 Å². The maximum atomic E-state index is 11.7. The Morgan fingerprint density at radius 2 is 1.75 bits per heavy atom. The Bertz CT molecular complexity index is 262. The van der Waals surface area contributed by atoms with Crippen molar-refractivity contribution in [3.05, 3.63) is 0 Å². The SMILES string of the molecule is CCCCOCCCN(C)S(=O)(=O)C(C)C. The van der Waals surface area contributed by atoms with Crippen molar-refractivity contribution in [2.75, 3.05) is 26.8 Å².